The average Bonchev–Trinajstić information content (AvgIpc) is 2.80. The highest BCUT2D eigenvalue weighted by Gasteiger charge is 2.08. The summed E-state index contributed by atoms with van der Waals surface area (Å²) in [6, 6.07) is 4.73. The lowest BCUT2D eigenvalue weighted by molar-refractivity contribution is 0.281. The maximum atomic E-state index is 8.75. The van der Waals surface area contributed by atoms with Crippen molar-refractivity contribution >= 4 is 0 Å². The third-order valence-electron chi connectivity index (χ3n) is 3.07. The first kappa shape index (κ1) is 14.3. The van der Waals surface area contributed by atoms with Crippen molar-refractivity contribution in [1.82, 2.24) is 9.88 Å². The minimum absolute atomic E-state index is 0.312. The third-order valence-corrected chi connectivity index (χ3v) is 3.07. The zero-order chi connectivity index (χ0) is 12.5. The molecule has 1 unspecified atom stereocenters. The zero-order valence-electron chi connectivity index (χ0n) is 11.2. The largest absolute Gasteiger partial charge is 0.396 e. The lowest BCUT2D eigenvalue weighted by atomic mass is 10.2. The Morgan fingerprint density at radius 1 is 1.35 bits per heavy atom. The SMILES string of the molecule is CCCNC(C)c1cccn1CCCCCO. The molecule has 0 saturated carbocycles. The first-order chi connectivity index (χ1) is 8.29. The van der Waals surface area contributed by atoms with E-state index in [2.05, 4.69) is 42.1 Å². The topological polar surface area (TPSA) is 37.2 Å². The van der Waals surface area contributed by atoms with Crippen LogP contribution in [0.25, 0.3) is 0 Å². The van der Waals surface area contributed by atoms with Gasteiger partial charge in [-0.1, -0.05) is 6.92 Å². The minimum atomic E-state index is 0.312. The molecule has 1 aromatic heterocycles. The molecule has 0 amide bonds. The lowest BCUT2D eigenvalue weighted by Gasteiger charge is -2.16. The third kappa shape index (κ3) is 4.92. The van der Waals surface area contributed by atoms with E-state index in [4.69, 9.17) is 5.11 Å². The summed E-state index contributed by atoms with van der Waals surface area (Å²) >= 11 is 0. The quantitative estimate of drug-likeness (QED) is 0.649. The number of aryl methyl sites for hydroxylation is 1. The number of hydrogen-bond donors (Lipinski definition) is 2. The number of aliphatic hydroxyl groups is 1. The molecule has 0 bridgehead atoms. The average molecular weight is 238 g/mol. The van der Waals surface area contributed by atoms with E-state index in [1.165, 1.54) is 12.1 Å². The van der Waals surface area contributed by atoms with E-state index in [-0.39, 0.29) is 0 Å². The van der Waals surface area contributed by atoms with Crippen molar-refractivity contribution in [2.45, 2.75) is 52.1 Å². The lowest BCUT2D eigenvalue weighted by Crippen LogP contribution is -2.21. The van der Waals surface area contributed by atoms with Crippen molar-refractivity contribution < 1.29 is 5.11 Å². The molecule has 0 aliphatic carbocycles. The number of hydrogen-bond acceptors (Lipinski definition) is 2. The summed E-state index contributed by atoms with van der Waals surface area (Å²) in [5.41, 5.74) is 1.36. The van der Waals surface area contributed by atoms with Gasteiger partial charge in [-0.3, -0.25) is 0 Å². The van der Waals surface area contributed by atoms with E-state index >= 15 is 0 Å². The number of rotatable bonds is 9. The second-order valence-electron chi connectivity index (χ2n) is 4.59. The van der Waals surface area contributed by atoms with Crippen LogP contribution >= 0.6 is 0 Å². The molecule has 0 aliphatic heterocycles. The Labute approximate surface area is 105 Å². The number of aliphatic hydroxyl groups excluding tert-OH is 1. The monoisotopic (exact) mass is 238 g/mol. The predicted octanol–water partition coefficient (Wildman–Crippen LogP) is 2.71. The highest BCUT2D eigenvalue weighted by atomic mass is 16.2. The van der Waals surface area contributed by atoms with E-state index < -0.39 is 0 Å². The number of nitrogens with one attached hydrogen (secondary N) is 1. The van der Waals surface area contributed by atoms with Crippen LogP contribution in [0.4, 0.5) is 0 Å². The molecule has 3 heteroatoms. The Hall–Kier alpha value is -0.800. The molecule has 17 heavy (non-hydrogen) atoms. The highest BCUT2D eigenvalue weighted by Crippen LogP contribution is 2.14. The summed E-state index contributed by atoms with van der Waals surface area (Å²) in [5.74, 6) is 0. The van der Waals surface area contributed by atoms with Crippen molar-refractivity contribution in [2.75, 3.05) is 13.2 Å². The minimum Gasteiger partial charge on any atom is -0.396 e. The smallest absolute Gasteiger partial charge is 0.0446 e. The van der Waals surface area contributed by atoms with Crippen LogP contribution in [-0.4, -0.2) is 22.8 Å². The van der Waals surface area contributed by atoms with Gasteiger partial charge < -0.3 is 15.0 Å². The number of unbranched alkanes of at least 4 members (excludes halogenated alkanes) is 2. The van der Waals surface area contributed by atoms with Crippen molar-refractivity contribution in [3.05, 3.63) is 24.0 Å². The number of aromatic nitrogens is 1. The van der Waals surface area contributed by atoms with Crippen LogP contribution in [0.1, 0.15) is 51.3 Å². The molecule has 0 fully saturated rings. The molecule has 1 aromatic rings. The van der Waals surface area contributed by atoms with Gasteiger partial charge in [0.1, 0.15) is 0 Å². The van der Waals surface area contributed by atoms with Gasteiger partial charge >= 0.3 is 0 Å². The molecule has 0 aromatic carbocycles. The molecule has 0 saturated heterocycles. The van der Waals surface area contributed by atoms with Crippen molar-refractivity contribution in [1.29, 1.82) is 0 Å². The second kappa shape index (κ2) is 8.31. The number of nitrogens with zero attached hydrogens (tertiary/aromatic N) is 1. The van der Waals surface area contributed by atoms with Crippen LogP contribution in [0.15, 0.2) is 18.3 Å². The van der Waals surface area contributed by atoms with Crippen LogP contribution in [0.3, 0.4) is 0 Å². The maximum Gasteiger partial charge on any atom is 0.0446 e. The molecule has 2 N–H and O–H groups in total. The van der Waals surface area contributed by atoms with E-state index in [1.807, 2.05) is 0 Å². The van der Waals surface area contributed by atoms with Gasteiger partial charge in [0.25, 0.3) is 0 Å². The van der Waals surface area contributed by atoms with Crippen LogP contribution in [-0.2, 0) is 6.54 Å². The first-order valence-corrected chi connectivity index (χ1v) is 6.78. The van der Waals surface area contributed by atoms with E-state index in [1.54, 1.807) is 0 Å². The van der Waals surface area contributed by atoms with Crippen LogP contribution in [0.2, 0.25) is 0 Å². The van der Waals surface area contributed by atoms with Crippen molar-refractivity contribution in [3.63, 3.8) is 0 Å². The van der Waals surface area contributed by atoms with Crippen LogP contribution < -0.4 is 5.32 Å². The molecule has 0 radical (unpaired) electrons. The summed E-state index contributed by atoms with van der Waals surface area (Å²) in [6.45, 7) is 6.84. The molecule has 0 spiro atoms. The molecule has 1 heterocycles. The van der Waals surface area contributed by atoms with Crippen molar-refractivity contribution in [2.24, 2.45) is 0 Å². The van der Waals surface area contributed by atoms with Gasteiger partial charge in [-0.05, 0) is 51.3 Å². The van der Waals surface area contributed by atoms with Gasteiger partial charge in [0, 0.05) is 31.1 Å². The van der Waals surface area contributed by atoms with Gasteiger partial charge in [0.05, 0.1) is 0 Å². The maximum absolute atomic E-state index is 8.75. The fraction of sp³-hybridized carbons (Fsp3) is 0.714. The normalized spacial score (nSPS) is 12.9. The van der Waals surface area contributed by atoms with Gasteiger partial charge in [-0.2, -0.15) is 0 Å². The van der Waals surface area contributed by atoms with Crippen molar-refractivity contribution in [3.8, 4) is 0 Å². The van der Waals surface area contributed by atoms with Crippen LogP contribution in [0, 0.1) is 0 Å². The summed E-state index contributed by atoms with van der Waals surface area (Å²) in [6.07, 6.45) is 6.48. The molecule has 0 aliphatic rings. The predicted molar refractivity (Wildman–Crippen MR) is 72.1 cm³/mol. The van der Waals surface area contributed by atoms with E-state index in [9.17, 15) is 0 Å². The molecule has 3 nitrogen and oxygen atoms in total. The fourth-order valence-corrected chi connectivity index (χ4v) is 2.06. The molecule has 98 valence electrons. The second-order valence-corrected chi connectivity index (χ2v) is 4.59. The molecule has 1 rings (SSSR count). The zero-order valence-corrected chi connectivity index (χ0v) is 11.2. The Bertz CT molecular complexity index is 296. The molecular formula is C14H26N2O. The first-order valence-electron chi connectivity index (χ1n) is 6.78. The molecule has 1 atom stereocenters. The Morgan fingerprint density at radius 2 is 2.18 bits per heavy atom. The summed E-state index contributed by atoms with van der Waals surface area (Å²) in [4.78, 5) is 0. The fourth-order valence-electron chi connectivity index (χ4n) is 2.06. The Balaban J connectivity index is 2.41. The van der Waals surface area contributed by atoms with Crippen LogP contribution in [0.5, 0.6) is 0 Å². The highest BCUT2D eigenvalue weighted by molar-refractivity contribution is 5.11. The standard InChI is InChI=1S/C14H26N2O/c1-3-9-15-13(2)14-8-7-11-16(14)10-5-4-6-12-17/h7-8,11,13,15,17H,3-6,9-10,12H2,1-2H3. The van der Waals surface area contributed by atoms with Gasteiger partial charge in [-0.25, -0.2) is 0 Å². The Kier molecular flexibility index (Phi) is 6.97. The summed E-state index contributed by atoms with van der Waals surface area (Å²) < 4.78 is 2.32. The van der Waals surface area contributed by atoms with E-state index in [0.717, 1.165) is 32.4 Å². The summed E-state index contributed by atoms with van der Waals surface area (Å²) in [7, 11) is 0. The van der Waals surface area contributed by atoms with E-state index in [0.29, 0.717) is 12.6 Å². The molecular weight excluding hydrogens is 212 g/mol. The van der Waals surface area contributed by atoms with Gasteiger partial charge in [0.15, 0.2) is 0 Å². The van der Waals surface area contributed by atoms with Gasteiger partial charge in [0.2, 0.25) is 0 Å². The van der Waals surface area contributed by atoms with Gasteiger partial charge in [-0.15, -0.1) is 0 Å². The Morgan fingerprint density at radius 3 is 2.88 bits per heavy atom. The summed E-state index contributed by atoms with van der Waals surface area (Å²) in [5, 5.41) is 12.3.